The summed E-state index contributed by atoms with van der Waals surface area (Å²) in [5.74, 6) is 0.694. The first-order valence-electron chi connectivity index (χ1n) is 7.53. The molecular formula is C17H25N3. The van der Waals surface area contributed by atoms with E-state index in [1.54, 1.807) is 0 Å². The summed E-state index contributed by atoms with van der Waals surface area (Å²) >= 11 is 0. The van der Waals surface area contributed by atoms with E-state index in [0.717, 1.165) is 26.1 Å². The maximum atomic E-state index is 4.59. The molecule has 0 saturated carbocycles. The maximum absolute atomic E-state index is 4.59. The number of aromatic nitrogens is 2. The molecule has 0 bridgehead atoms. The number of nitrogens with one attached hydrogen (secondary N) is 1. The van der Waals surface area contributed by atoms with Gasteiger partial charge in [-0.2, -0.15) is 5.10 Å². The van der Waals surface area contributed by atoms with Gasteiger partial charge in [0.25, 0.3) is 0 Å². The van der Waals surface area contributed by atoms with Gasteiger partial charge in [0.2, 0.25) is 0 Å². The normalized spacial score (nSPS) is 11.2. The summed E-state index contributed by atoms with van der Waals surface area (Å²) in [4.78, 5) is 0. The third-order valence-electron chi connectivity index (χ3n) is 3.45. The molecule has 0 amide bonds. The van der Waals surface area contributed by atoms with Gasteiger partial charge >= 0.3 is 0 Å². The van der Waals surface area contributed by atoms with E-state index in [0.29, 0.717) is 5.92 Å². The minimum absolute atomic E-state index is 0.694. The van der Waals surface area contributed by atoms with Crippen LogP contribution in [0.3, 0.4) is 0 Å². The SMILES string of the molecule is CCNCc1cnn(CCC(C)C)c1-c1ccccc1. The van der Waals surface area contributed by atoms with Crippen molar-refractivity contribution in [3.63, 3.8) is 0 Å². The topological polar surface area (TPSA) is 29.9 Å². The van der Waals surface area contributed by atoms with E-state index in [4.69, 9.17) is 0 Å². The molecule has 2 rings (SSSR count). The van der Waals surface area contributed by atoms with E-state index >= 15 is 0 Å². The van der Waals surface area contributed by atoms with Crippen molar-refractivity contribution in [2.75, 3.05) is 6.54 Å². The molecule has 3 nitrogen and oxygen atoms in total. The van der Waals surface area contributed by atoms with Gasteiger partial charge in [-0.3, -0.25) is 4.68 Å². The van der Waals surface area contributed by atoms with Crippen LogP contribution in [0.4, 0.5) is 0 Å². The fourth-order valence-corrected chi connectivity index (χ4v) is 2.29. The maximum Gasteiger partial charge on any atom is 0.0727 e. The molecule has 2 aromatic rings. The van der Waals surface area contributed by atoms with E-state index in [2.05, 4.69) is 66.2 Å². The van der Waals surface area contributed by atoms with Crippen LogP contribution < -0.4 is 5.32 Å². The van der Waals surface area contributed by atoms with E-state index in [9.17, 15) is 0 Å². The number of rotatable bonds is 7. The van der Waals surface area contributed by atoms with Gasteiger partial charge in [-0.25, -0.2) is 0 Å². The second-order valence-corrected chi connectivity index (χ2v) is 5.57. The average Bonchev–Trinajstić information content (AvgIpc) is 2.86. The summed E-state index contributed by atoms with van der Waals surface area (Å²) in [7, 11) is 0. The molecule has 20 heavy (non-hydrogen) atoms. The van der Waals surface area contributed by atoms with E-state index in [-0.39, 0.29) is 0 Å². The first kappa shape index (κ1) is 14.8. The van der Waals surface area contributed by atoms with Gasteiger partial charge in [-0.05, 0) is 18.9 Å². The lowest BCUT2D eigenvalue weighted by Gasteiger charge is -2.11. The molecule has 0 atom stereocenters. The zero-order valence-corrected chi connectivity index (χ0v) is 12.8. The van der Waals surface area contributed by atoms with Crippen LogP contribution in [0.5, 0.6) is 0 Å². The number of benzene rings is 1. The highest BCUT2D eigenvalue weighted by Crippen LogP contribution is 2.24. The molecule has 1 aromatic heterocycles. The molecule has 1 aromatic carbocycles. The first-order chi connectivity index (χ1) is 9.72. The minimum Gasteiger partial charge on any atom is -0.313 e. The van der Waals surface area contributed by atoms with Crippen LogP contribution in [-0.2, 0) is 13.1 Å². The van der Waals surface area contributed by atoms with Gasteiger partial charge in [-0.1, -0.05) is 51.1 Å². The average molecular weight is 271 g/mol. The molecule has 3 heteroatoms. The van der Waals surface area contributed by atoms with Crippen LogP contribution in [0.2, 0.25) is 0 Å². The highest BCUT2D eigenvalue weighted by atomic mass is 15.3. The molecule has 0 spiro atoms. The van der Waals surface area contributed by atoms with Gasteiger partial charge in [0.15, 0.2) is 0 Å². The van der Waals surface area contributed by atoms with Gasteiger partial charge in [-0.15, -0.1) is 0 Å². The quantitative estimate of drug-likeness (QED) is 0.832. The van der Waals surface area contributed by atoms with Crippen molar-refractivity contribution in [3.8, 4) is 11.3 Å². The third kappa shape index (κ3) is 3.70. The Hall–Kier alpha value is -1.61. The summed E-state index contributed by atoms with van der Waals surface area (Å²) < 4.78 is 2.15. The van der Waals surface area contributed by atoms with Crippen LogP contribution in [0.25, 0.3) is 11.3 Å². The standard InChI is InChI=1S/C17H25N3/c1-4-18-12-16-13-19-20(11-10-14(2)3)17(16)15-8-6-5-7-9-15/h5-9,13-14,18H,4,10-12H2,1-3H3. The molecule has 0 radical (unpaired) electrons. The van der Waals surface area contributed by atoms with Crippen LogP contribution >= 0.6 is 0 Å². The third-order valence-corrected chi connectivity index (χ3v) is 3.45. The van der Waals surface area contributed by atoms with Crippen LogP contribution in [0.1, 0.15) is 32.8 Å². The number of aryl methyl sites for hydroxylation is 1. The summed E-state index contributed by atoms with van der Waals surface area (Å²) in [6, 6.07) is 10.6. The Balaban J connectivity index is 2.30. The lowest BCUT2D eigenvalue weighted by Crippen LogP contribution is -2.12. The zero-order valence-electron chi connectivity index (χ0n) is 12.8. The molecule has 0 aliphatic heterocycles. The molecular weight excluding hydrogens is 246 g/mol. The van der Waals surface area contributed by atoms with Crippen molar-refractivity contribution in [3.05, 3.63) is 42.1 Å². The Labute approximate surface area is 122 Å². The fourth-order valence-electron chi connectivity index (χ4n) is 2.29. The summed E-state index contributed by atoms with van der Waals surface area (Å²) in [5, 5.41) is 7.99. The molecule has 108 valence electrons. The highest BCUT2D eigenvalue weighted by Gasteiger charge is 2.12. The largest absolute Gasteiger partial charge is 0.313 e. The minimum atomic E-state index is 0.694. The summed E-state index contributed by atoms with van der Waals surface area (Å²) in [6.45, 7) is 9.48. The van der Waals surface area contributed by atoms with Crippen molar-refractivity contribution >= 4 is 0 Å². The number of hydrogen-bond acceptors (Lipinski definition) is 2. The fraction of sp³-hybridized carbons (Fsp3) is 0.471. The second-order valence-electron chi connectivity index (χ2n) is 5.57. The number of hydrogen-bond donors (Lipinski definition) is 1. The predicted octanol–water partition coefficient (Wildman–Crippen LogP) is 3.71. The van der Waals surface area contributed by atoms with E-state index < -0.39 is 0 Å². The number of nitrogens with zero attached hydrogens (tertiary/aromatic N) is 2. The second kappa shape index (κ2) is 7.25. The summed E-state index contributed by atoms with van der Waals surface area (Å²) in [5.41, 5.74) is 3.79. The molecule has 0 unspecified atom stereocenters. The monoisotopic (exact) mass is 271 g/mol. The van der Waals surface area contributed by atoms with Crippen LogP contribution in [0, 0.1) is 5.92 Å². The molecule has 1 N–H and O–H groups in total. The Morgan fingerprint density at radius 2 is 1.95 bits per heavy atom. The highest BCUT2D eigenvalue weighted by molar-refractivity contribution is 5.63. The van der Waals surface area contributed by atoms with Crippen LogP contribution in [-0.4, -0.2) is 16.3 Å². The smallest absolute Gasteiger partial charge is 0.0727 e. The Bertz CT molecular complexity index is 514. The molecule has 1 heterocycles. The lowest BCUT2D eigenvalue weighted by atomic mass is 10.1. The molecule has 0 aliphatic rings. The van der Waals surface area contributed by atoms with E-state index in [1.807, 2.05) is 6.20 Å². The Morgan fingerprint density at radius 3 is 2.60 bits per heavy atom. The van der Waals surface area contributed by atoms with Crippen molar-refractivity contribution in [1.82, 2.24) is 15.1 Å². The lowest BCUT2D eigenvalue weighted by molar-refractivity contribution is 0.490. The Kier molecular flexibility index (Phi) is 5.36. The Morgan fingerprint density at radius 1 is 1.20 bits per heavy atom. The molecule has 0 fully saturated rings. The van der Waals surface area contributed by atoms with Gasteiger partial charge in [0.05, 0.1) is 11.9 Å². The predicted molar refractivity (Wildman–Crippen MR) is 84.5 cm³/mol. The van der Waals surface area contributed by atoms with Gasteiger partial charge < -0.3 is 5.32 Å². The van der Waals surface area contributed by atoms with Crippen molar-refractivity contribution < 1.29 is 0 Å². The van der Waals surface area contributed by atoms with Crippen molar-refractivity contribution in [2.24, 2.45) is 5.92 Å². The molecule has 0 saturated heterocycles. The van der Waals surface area contributed by atoms with Gasteiger partial charge in [0, 0.05) is 24.2 Å². The first-order valence-corrected chi connectivity index (χ1v) is 7.53. The molecule has 0 aliphatic carbocycles. The zero-order chi connectivity index (χ0) is 14.4. The van der Waals surface area contributed by atoms with Crippen molar-refractivity contribution in [1.29, 1.82) is 0 Å². The van der Waals surface area contributed by atoms with Gasteiger partial charge in [0.1, 0.15) is 0 Å². The summed E-state index contributed by atoms with van der Waals surface area (Å²) in [6.07, 6.45) is 3.16. The van der Waals surface area contributed by atoms with E-state index in [1.165, 1.54) is 16.8 Å². The van der Waals surface area contributed by atoms with Crippen molar-refractivity contribution in [2.45, 2.75) is 40.3 Å². The van der Waals surface area contributed by atoms with Crippen LogP contribution in [0.15, 0.2) is 36.5 Å².